The van der Waals surface area contributed by atoms with Crippen molar-refractivity contribution in [1.29, 1.82) is 0 Å². The van der Waals surface area contributed by atoms with Gasteiger partial charge in [-0.25, -0.2) is 0 Å². The van der Waals surface area contributed by atoms with E-state index in [-0.39, 0.29) is 39.3 Å². The molecule has 0 unspecified atom stereocenters. The van der Waals surface area contributed by atoms with Gasteiger partial charge < -0.3 is 9.50 Å². The number of amides is 3. The van der Waals surface area contributed by atoms with Gasteiger partial charge in [-0.2, -0.15) is 8.42 Å². The Balaban J connectivity index is 1.45. The summed E-state index contributed by atoms with van der Waals surface area (Å²) < 4.78 is 30.3. The number of imide groups is 1. The molecular formula is C25H19N3O8S2. The zero-order valence-electron chi connectivity index (χ0n) is 19.7. The van der Waals surface area contributed by atoms with Gasteiger partial charge in [-0.3, -0.25) is 29.4 Å². The van der Waals surface area contributed by atoms with E-state index in [9.17, 15) is 32.9 Å². The summed E-state index contributed by atoms with van der Waals surface area (Å²) >= 11 is 0.702. The number of benzene rings is 3. The molecule has 0 atom stereocenters. The van der Waals surface area contributed by atoms with Gasteiger partial charge in [-0.1, -0.05) is 30.3 Å². The number of carbonyl (C=O) groups is 3. The summed E-state index contributed by atoms with van der Waals surface area (Å²) in [7, 11) is -4.14. The lowest BCUT2D eigenvalue weighted by Crippen LogP contribution is -2.27. The van der Waals surface area contributed by atoms with Crippen molar-refractivity contribution in [3.63, 3.8) is 0 Å². The summed E-state index contributed by atoms with van der Waals surface area (Å²) in [5, 5.41) is 13.2. The van der Waals surface area contributed by atoms with E-state index in [2.05, 4.69) is 5.32 Å². The van der Waals surface area contributed by atoms with Gasteiger partial charge in [-0.15, -0.1) is 0 Å². The Morgan fingerprint density at radius 2 is 1.71 bits per heavy atom. The molecule has 1 aliphatic heterocycles. The molecule has 0 spiro atoms. The van der Waals surface area contributed by atoms with Crippen LogP contribution < -0.4 is 9.50 Å². The van der Waals surface area contributed by atoms with E-state index >= 15 is 0 Å². The number of hydrogen-bond acceptors (Lipinski definition) is 9. The standard InChI is InChI=1S/C25H19N3O8S2/c1-16(29)26-19-8-12-21(13-9-19)38(34,35)36-20-10-6-17(7-11-20)14-23-24(30)27(25(31)37-23)15-18-4-2-3-5-22(18)28(32)33/h2-14H,15H2,1H3,(H,26,29)/b23-14-. The van der Waals surface area contributed by atoms with Crippen molar-refractivity contribution in [1.82, 2.24) is 4.90 Å². The van der Waals surface area contributed by atoms with Gasteiger partial charge in [0.1, 0.15) is 10.6 Å². The summed E-state index contributed by atoms with van der Waals surface area (Å²) in [6.07, 6.45) is 1.46. The minimum atomic E-state index is -4.14. The summed E-state index contributed by atoms with van der Waals surface area (Å²) in [6.45, 7) is 1.09. The Morgan fingerprint density at radius 3 is 2.34 bits per heavy atom. The van der Waals surface area contributed by atoms with Crippen LogP contribution in [0.3, 0.4) is 0 Å². The van der Waals surface area contributed by atoms with Gasteiger partial charge in [0.2, 0.25) is 5.91 Å². The summed E-state index contributed by atoms with van der Waals surface area (Å²) in [5.74, 6) is -0.858. The number of carbonyl (C=O) groups excluding carboxylic acids is 3. The molecule has 0 saturated carbocycles. The fourth-order valence-corrected chi connectivity index (χ4v) is 5.25. The van der Waals surface area contributed by atoms with Crippen LogP contribution in [0.15, 0.2) is 82.6 Å². The molecule has 0 radical (unpaired) electrons. The predicted octanol–water partition coefficient (Wildman–Crippen LogP) is 4.56. The van der Waals surface area contributed by atoms with Crippen LogP contribution in [-0.2, 0) is 26.3 Å². The quantitative estimate of drug-likeness (QED) is 0.183. The average Bonchev–Trinajstić information content (AvgIpc) is 3.12. The van der Waals surface area contributed by atoms with Crippen LogP contribution in [0.5, 0.6) is 5.75 Å². The second-order valence-corrected chi connectivity index (χ2v) is 10.5. The van der Waals surface area contributed by atoms with E-state index < -0.39 is 26.2 Å². The number of anilines is 1. The minimum absolute atomic E-state index is 0.0255. The number of hydrogen-bond donors (Lipinski definition) is 1. The van der Waals surface area contributed by atoms with E-state index in [0.29, 0.717) is 23.0 Å². The molecule has 13 heteroatoms. The van der Waals surface area contributed by atoms with Gasteiger partial charge in [0.25, 0.3) is 16.8 Å². The van der Waals surface area contributed by atoms with Crippen molar-refractivity contribution in [2.24, 2.45) is 0 Å². The van der Waals surface area contributed by atoms with E-state index in [0.717, 1.165) is 4.90 Å². The van der Waals surface area contributed by atoms with E-state index in [1.54, 1.807) is 6.07 Å². The molecule has 4 rings (SSSR count). The highest BCUT2D eigenvalue weighted by Gasteiger charge is 2.36. The summed E-state index contributed by atoms with van der Waals surface area (Å²) in [6, 6.07) is 17.2. The van der Waals surface area contributed by atoms with E-state index in [1.165, 1.54) is 79.7 Å². The van der Waals surface area contributed by atoms with Crippen LogP contribution >= 0.6 is 11.8 Å². The molecule has 0 aromatic heterocycles. The zero-order chi connectivity index (χ0) is 27.4. The van der Waals surface area contributed by atoms with Gasteiger partial charge >= 0.3 is 10.1 Å². The van der Waals surface area contributed by atoms with Crippen molar-refractivity contribution < 1.29 is 31.9 Å². The molecule has 194 valence electrons. The van der Waals surface area contributed by atoms with E-state index in [1.807, 2.05) is 0 Å². The molecule has 3 aromatic rings. The maximum Gasteiger partial charge on any atom is 0.339 e. The lowest BCUT2D eigenvalue weighted by molar-refractivity contribution is -0.385. The Bertz CT molecular complexity index is 1570. The fraction of sp³-hybridized carbons (Fsp3) is 0.0800. The van der Waals surface area contributed by atoms with Crippen LogP contribution in [0.4, 0.5) is 16.2 Å². The topological polar surface area (TPSA) is 153 Å². The number of nitrogens with one attached hydrogen (secondary N) is 1. The molecule has 3 aromatic carbocycles. The first-order chi connectivity index (χ1) is 18.0. The van der Waals surface area contributed by atoms with Gasteiger partial charge in [0.15, 0.2) is 0 Å². The van der Waals surface area contributed by atoms with Crippen molar-refractivity contribution in [3.8, 4) is 5.75 Å². The number of nitro benzene ring substituents is 1. The molecule has 0 bridgehead atoms. The molecule has 1 aliphatic rings. The lowest BCUT2D eigenvalue weighted by Gasteiger charge is -2.12. The van der Waals surface area contributed by atoms with Crippen molar-refractivity contribution in [2.45, 2.75) is 18.4 Å². The van der Waals surface area contributed by atoms with Crippen LogP contribution in [-0.4, -0.2) is 35.3 Å². The van der Waals surface area contributed by atoms with Crippen molar-refractivity contribution >= 4 is 56.4 Å². The molecule has 1 N–H and O–H groups in total. The third-order valence-corrected chi connectivity index (χ3v) is 7.41. The van der Waals surface area contributed by atoms with Crippen LogP contribution in [0.1, 0.15) is 18.1 Å². The zero-order valence-corrected chi connectivity index (χ0v) is 21.3. The first-order valence-electron chi connectivity index (χ1n) is 10.9. The first-order valence-corrected chi connectivity index (χ1v) is 13.2. The molecule has 38 heavy (non-hydrogen) atoms. The SMILES string of the molecule is CC(=O)Nc1ccc(S(=O)(=O)Oc2ccc(/C=C3\SC(=O)N(Cc4ccccc4[N+](=O)[O-])C3=O)cc2)cc1. The van der Waals surface area contributed by atoms with Crippen LogP contribution in [0, 0.1) is 10.1 Å². The lowest BCUT2D eigenvalue weighted by atomic mass is 10.1. The third kappa shape index (κ3) is 6.07. The molecule has 3 amide bonds. The highest BCUT2D eigenvalue weighted by atomic mass is 32.2. The molecular weight excluding hydrogens is 534 g/mol. The number of rotatable bonds is 8. The Kier molecular flexibility index (Phi) is 7.60. The Morgan fingerprint density at radius 1 is 1.05 bits per heavy atom. The number of para-hydroxylation sites is 1. The number of nitro groups is 1. The maximum absolute atomic E-state index is 12.8. The van der Waals surface area contributed by atoms with Crippen molar-refractivity contribution in [3.05, 3.63) is 98.9 Å². The van der Waals surface area contributed by atoms with Crippen molar-refractivity contribution in [2.75, 3.05) is 5.32 Å². The highest BCUT2D eigenvalue weighted by molar-refractivity contribution is 8.18. The van der Waals surface area contributed by atoms with Crippen LogP contribution in [0.25, 0.3) is 6.08 Å². The van der Waals surface area contributed by atoms with Gasteiger partial charge in [0, 0.05) is 24.2 Å². The smallest absolute Gasteiger partial charge is 0.339 e. The average molecular weight is 554 g/mol. The Labute approximate surface area is 221 Å². The first kappa shape index (κ1) is 26.6. The van der Waals surface area contributed by atoms with Gasteiger partial charge in [0.05, 0.1) is 16.4 Å². The Hall–Kier alpha value is -4.49. The van der Waals surface area contributed by atoms with Crippen LogP contribution in [0.2, 0.25) is 0 Å². The predicted molar refractivity (Wildman–Crippen MR) is 140 cm³/mol. The van der Waals surface area contributed by atoms with E-state index in [4.69, 9.17) is 4.18 Å². The minimum Gasteiger partial charge on any atom is -0.379 e. The maximum atomic E-state index is 12.8. The molecule has 1 saturated heterocycles. The number of nitrogens with zero attached hydrogens (tertiary/aromatic N) is 2. The summed E-state index contributed by atoms with van der Waals surface area (Å²) in [4.78, 5) is 48.0. The monoisotopic (exact) mass is 553 g/mol. The molecule has 1 heterocycles. The molecule has 0 aliphatic carbocycles. The largest absolute Gasteiger partial charge is 0.379 e. The highest BCUT2D eigenvalue weighted by Crippen LogP contribution is 2.34. The normalized spacial score (nSPS) is 14.6. The third-order valence-electron chi connectivity index (χ3n) is 5.24. The summed E-state index contributed by atoms with van der Waals surface area (Å²) in [5.41, 5.74) is 0.982. The second kappa shape index (κ2) is 10.9. The van der Waals surface area contributed by atoms with Gasteiger partial charge in [-0.05, 0) is 59.8 Å². The molecule has 11 nitrogen and oxygen atoms in total. The fourth-order valence-electron chi connectivity index (χ4n) is 3.48. The second-order valence-electron chi connectivity index (χ2n) is 7.97. The number of thioether (sulfide) groups is 1. The molecule has 1 fully saturated rings.